The van der Waals surface area contributed by atoms with Crippen LogP contribution in [0.25, 0.3) is 11.3 Å². The Balaban J connectivity index is 1.87. The van der Waals surface area contributed by atoms with Gasteiger partial charge >= 0.3 is 0 Å². The zero-order valence-corrected chi connectivity index (χ0v) is 17.7. The summed E-state index contributed by atoms with van der Waals surface area (Å²) < 4.78 is 27.3. The van der Waals surface area contributed by atoms with Gasteiger partial charge in [-0.15, -0.1) is 0 Å². The van der Waals surface area contributed by atoms with Crippen LogP contribution >= 0.6 is 0 Å². The van der Waals surface area contributed by atoms with E-state index in [2.05, 4.69) is 16.9 Å². The van der Waals surface area contributed by atoms with E-state index in [1.807, 2.05) is 0 Å². The molecule has 1 fully saturated rings. The molecular weight excluding hydrogens is 402 g/mol. The van der Waals surface area contributed by atoms with Crippen LogP contribution in [0.3, 0.4) is 0 Å². The van der Waals surface area contributed by atoms with E-state index in [0.29, 0.717) is 28.8 Å². The molecule has 1 aliphatic carbocycles. The molecule has 0 saturated heterocycles. The molecule has 7 heteroatoms. The number of halogens is 2. The first kappa shape index (κ1) is 22.5. The van der Waals surface area contributed by atoms with Crippen molar-refractivity contribution in [2.24, 2.45) is 5.92 Å². The van der Waals surface area contributed by atoms with Crippen molar-refractivity contribution in [2.45, 2.75) is 39.5 Å². The van der Waals surface area contributed by atoms with Gasteiger partial charge in [0.05, 0.1) is 6.20 Å². The molecule has 1 heterocycles. The molecule has 162 valence electrons. The van der Waals surface area contributed by atoms with E-state index in [1.165, 1.54) is 0 Å². The van der Waals surface area contributed by atoms with Gasteiger partial charge in [-0.25, -0.2) is 8.78 Å². The number of nitrogens with zero attached hydrogens (tertiary/aromatic N) is 1. The second-order valence-electron chi connectivity index (χ2n) is 8.15. The first-order chi connectivity index (χ1) is 14.6. The van der Waals surface area contributed by atoms with Crippen LogP contribution in [0.2, 0.25) is 0 Å². The van der Waals surface area contributed by atoms with Gasteiger partial charge in [0.1, 0.15) is 23.2 Å². The van der Waals surface area contributed by atoms with E-state index in [1.54, 1.807) is 32.9 Å². The van der Waals surface area contributed by atoms with Crippen LogP contribution < -0.4 is 5.32 Å². The van der Waals surface area contributed by atoms with Gasteiger partial charge < -0.3 is 5.32 Å². The third-order valence-corrected chi connectivity index (χ3v) is 5.44. The van der Waals surface area contributed by atoms with Crippen LogP contribution in [0.1, 0.15) is 42.4 Å². The first-order valence-electron chi connectivity index (χ1n) is 9.98. The molecule has 31 heavy (non-hydrogen) atoms. The topological polar surface area (TPSA) is 76.1 Å². The quantitative estimate of drug-likeness (QED) is 0.560. The van der Waals surface area contributed by atoms with Gasteiger partial charge in [-0.05, 0) is 49.6 Å². The molecule has 2 atom stereocenters. The summed E-state index contributed by atoms with van der Waals surface area (Å²) in [6.45, 7) is 9.29. The maximum absolute atomic E-state index is 14.2. The van der Waals surface area contributed by atoms with Crippen molar-refractivity contribution in [2.75, 3.05) is 6.54 Å². The fraction of sp³-hybridized carbons (Fsp3) is 0.333. The largest absolute Gasteiger partial charge is 0.352 e. The number of hydrogen-bond acceptors (Lipinski definition) is 4. The standard InChI is InChI=1S/C24H24F2N2O3/c1-12(2)10-27-20(30)8-16-7-19(29)22(24(16)31)21-13(3)5-15(6-14(21)4)23-18(26)9-17(25)11-28-23/h5-6,9,11,16,22H,1,7-8,10H2,2-4H3,(H,27,30). The Kier molecular flexibility index (Phi) is 6.43. The minimum Gasteiger partial charge on any atom is -0.352 e. The predicted octanol–water partition coefficient (Wildman–Crippen LogP) is 3.97. The summed E-state index contributed by atoms with van der Waals surface area (Å²) in [6, 6.07) is 4.03. The summed E-state index contributed by atoms with van der Waals surface area (Å²) in [4.78, 5) is 41.7. The van der Waals surface area contributed by atoms with Gasteiger partial charge in [0, 0.05) is 36.9 Å². The van der Waals surface area contributed by atoms with Crippen molar-refractivity contribution >= 4 is 17.5 Å². The molecule has 0 aliphatic heterocycles. The lowest BCUT2D eigenvalue weighted by Gasteiger charge is -2.17. The minimum atomic E-state index is -0.945. The highest BCUT2D eigenvalue weighted by Crippen LogP contribution is 2.38. The number of nitrogens with one attached hydrogen (secondary N) is 1. The van der Waals surface area contributed by atoms with E-state index >= 15 is 0 Å². The lowest BCUT2D eigenvalue weighted by molar-refractivity contribution is -0.128. The fourth-order valence-electron chi connectivity index (χ4n) is 4.07. The van der Waals surface area contributed by atoms with Gasteiger partial charge in [0.25, 0.3) is 0 Å². The number of Topliss-reactive ketones (excluding diaryl/α,β-unsaturated/α-hetero) is 2. The highest BCUT2D eigenvalue weighted by atomic mass is 19.1. The second-order valence-corrected chi connectivity index (χ2v) is 8.15. The molecule has 0 radical (unpaired) electrons. The Hall–Kier alpha value is -3.22. The van der Waals surface area contributed by atoms with Crippen LogP contribution in [0.5, 0.6) is 0 Å². The number of aryl methyl sites for hydroxylation is 2. The third-order valence-electron chi connectivity index (χ3n) is 5.44. The number of pyridine rings is 1. The monoisotopic (exact) mass is 426 g/mol. The summed E-state index contributed by atoms with van der Waals surface area (Å²) in [6.07, 6.45) is 0.901. The Morgan fingerprint density at radius 1 is 1.19 bits per heavy atom. The Morgan fingerprint density at radius 3 is 2.42 bits per heavy atom. The number of hydrogen-bond donors (Lipinski definition) is 1. The van der Waals surface area contributed by atoms with Crippen LogP contribution in [-0.4, -0.2) is 29.0 Å². The summed E-state index contributed by atoms with van der Waals surface area (Å²) in [5, 5.41) is 2.69. The van der Waals surface area contributed by atoms with E-state index in [9.17, 15) is 23.2 Å². The Morgan fingerprint density at radius 2 is 1.84 bits per heavy atom. The van der Waals surface area contributed by atoms with E-state index in [0.717, 1.165) is 17.8 Å². The Labute approximate surface area is 179 Å². The number of carbonyl (C=O) groups excluding carboxylic acids is 3. The van der Waals surface area contributed by atoms with Crippen LogP contribution in [-0.2, 0) is 14.4 Å². The molecule has 1 aliphatic rings. The second kappa shape index (κ2) is 8.88. The first-order valence-corrected chi connectivity index (χ1v) is 9.98. The minimum absolute atomic E-state index is 0.00437. The maximum Gasteiger partial charge on any atom is 0.220 e. The SMILES string of the molecule is C=C(C)CNC(=O)CC1CC(=O)C(c2c(C)cc(-c3ncc(F)cc3F)cc2C)C1=O. The number of benzene rings is 1. The van der Waals surface area contributed by atoms with Crippen molar-refractivity contribution in [3.05, 3.63) is 64.9 Å². The summed E-state index contributed by atoms with van der Waals surface area (Å²) in [5.74, 6) is -3.98. The van der Waals surface area contributed by atoms with Crippen molar-refractivity contribution in [3.8, 4) is 11.3 Å². The third kappa shape index (κ3) is 4.76. The molecular formula is C24H24F2N2O3. The summed E-state index contributed by atoms with van der Waals surface area (Å²) >= 11 is 0. The molecule has 0 bridgehead atoms. The molecule has 1 saturated carbocycles. The summed E-state index contributed by atoms with van der Waals surface area (Å²) in [7, 11) is 0. The smallest absolute Gasteiger partial charge is 0.220 e. The van der Waals surface area contributed by atoms with Gasteiger partial charge in [0.2, 0.25) is 5.91 Å². The Bertz CT molecular complexity index is 1070. The average Bonchev–Trinajstić information content (AvgIpc) is 2.93. The van der Waals surface area contributed by atoms with Crippen molar-refractivity contribution in [1.82, 2.24) is 10.3 Å². The van der Waals surface area contributed by atoms with E-state index < -0.39 is 23.5 Å². The maximum atomic E-state index is 14.2. The summed E-state index contributed by atoms with van der Waals surface area (Å²) in [5.41, 5.74) is 3.07. The normalized spacial score (nSPS) is 18.4. The number of ketones is 2. The lowest BCUT2D eigenvalue weighted by Crippen LogP contribution is -2.28. The molecule has 2 aromatic rings. The van der Waals surface area contributed by atoms with Crippen molar-refractivity contribution < 1.29 is 23.2 Å². The predicted molar refractivity (Wildman–Crippen MR) is 112 cm³/mol. The molecule has 1 N–H and O–H groups in total. The fourth-order valence-corrected chi connectivity index (χ4v) is 4.07. The van der Waals surface area contributed by atoms with Gasteiger partial charge in [-0.3, -0.25) is 19.4 Å². The van der Waals surface area contributed by atoms with Crippen molar-refractivity contribution in [3.63, 3.8) is 0 Å². The highest BCUT2D eigenvalue weighted by molar-refractivity contribution is 6.15. The zero-order chi connectivity index (χ0) is 22.9. The molecule has 1 aromatic heterocycles. The highest BCUT2D eigenvalue weighted by Gasteiger charge is 2.43. The van der Waals surface area contributed by atoms with Crippen LogP contribution in [0.15, 0.2) is 36.5 Å². The molecule has 5 nitrogen and oxygen atoms in total. The number of amides is 1. The lowest BCUT2D eigenvalue weighted by atomic mass is 9.85. The zero-order valence-electron chi connectivity index (χ0n) is 17.7. The molecule has 1 amide bonds. The van der Waals surface area contributed by atoms with Crippen molar-refractivity contribution in [1.29, 1.82) is 0 Å². The van der Waals surface area contributed by atoms with Gasteiger partial charge in [-0.2, -0.15) is 0 Å². The van der Waals surface area contributed by atoms with Gasteiger partial charge in [0.15, 0.2) is 11.6 Å². The molecule has 3 rings (SSSR count). The number of carbonyl (C=O) groups is 3. The van der Waals surface area contributed by atoms with E-state index in [4.69, 9.17) is 0 Å². The molecule has 2 unspecified atom stereocenters. The van der Waals surface area contributed by atoms with Gasteiger partial charge in [-0.1, -0.05) is 12.2 Å². The molecule has 0 spiro atoms. The van der Waals surface area contributed by atoms with Crippen LogP contribution in [0, 0.1) is 31.4 Å². The average molecular weight is 426 g/mol. The number of aromatic nitrogens is 1. The number of rotatable bonds is 6. The van der Waals surface area contributed by atoms with Crippen LogP contribution in [0.4, 0.5) is 8.78 Å². The molecule has 1 aromatic carbocycles. The van der Waals surface area contributed by atoms with E-state index in [-0.39, 0.29) is 36.0 Å².